The average molecular weight is 295 g/mol. The first-order valence-electron chi connectivity index (χ1n) is 7.81. The van der Waals surface area contributed by atoms with Crippen molar-refractivity contribution in [3.8, 4) is 5.75 Å². The largest absolute Gasteiger partial charge is 0.485 e. The van der Waals surface area contributed by atoms with Crippen LogP contribution in [-0.2, 0) is 0 Å². The number of ether oxygens (including phenoxy) is 1. The molecule has 0 spiro atoms. The zero-order valence-electron chi connectivity index (χ0n) is 12.9. The minimum Gasteiger partial charge on any atom is -0.485 e. The van der Waals surface area contributed by atoms with Gasteiger partial charge in [-0.2, -0.15) is 0 Å². The maximum Gasteiger partial charge on any atom is 0.200 e. The van der Waals surface area contributed by atoms with E-state index in [-0.39, 0.29) is 12.4 Å². The molecule has 22 heavy (non-hydrogen) atoms. The number of carbonyl (C=O) groups is 1. The first kappa shape index (κ1) is 14.6. The van der Waals surface area contributed by atoms with E-state index in [9.17, 15) is 4.79 Å². The van der Waals surface area contributed by atoms with Crippen LogP contribution in [0.1, 0.15) is 28.8 Å². The number of carbonyl (C=O) groups excluding carboxylic acids is 1. The van der Waals surface area contributed by atoms with E-state index < -0.39 is 0 Å². The second-order valence-electron chi connectivity index (χ2n) is 5.72. The van der Waals surface area contributed by atoms with Crippen LogP contribution in [0.15, 0.2) is 48.5 Å². The van der Waals surface area contributed by atoms with Gasteiger partial charge in [-0.05, 0) is 55.7 Å². The van der Waals surface area contributed by atoms with Crippen LogP contribution < -0.4 is 9.64 Å². The molecule has 0 radical (unpaired) electrons. The van der Waals surface area contributed by atoms with Gasteiger partial charge in [-0.15, -0.1) is 0 Å². The van der Waals surface area contributed by atoms with Crippen molar-refractivity contribution in [1.82, 2.24) is 0 Å². The Hall–Kier alpha value is -2.29. The first-order valence-corrected chi connectivity index (χ1v) is 7.81. The summed E-state index contributed by atoms with van der Waals surface area (Å²) in [6.07, 6.45) is 2.51. The number of rotatable bonds is 5. The summed E-state index contributed by atoms with van der Waals surface area (Å²) in [4.78, 5) is 14.6. The fourth-order valence-corrected chi connectivity index (χ4v) is 2.78. The van der Waals surface area contributed by atoms with Crippen molar-refractivity contribution in [2.24, 2.45) is 0 Å². The van der Waals surface area contributed by atoms with Crippen molar-refractivity contribution in [3.63, 3.8) is 0 Å². The van der Waals surface area contributed by atoms with Gasteiger partial charge in [0.2, 0.25) is 0 Å². The van der Waals surface area contributed by atoms with Gasteiger partial charge in [-0.3, -0.25) is 4.79 Å². The molecule has 1 saturated heterocycles. The number of ketones is 1. The number of hydrogen-bond donors (Lipinski definition) is 0. The zero-order chi connectivity index (χ0) is 15.4. The standard InChI is InChI=1S/C19H21NO2/c1-15-6-2-3-7-19(15)22-14-18(21)16-8-10-17(11-9-16)20-12-4-5-13-20/h2-3,6-11H,4-5,12-14H2,1H3. The lowest BCUT2D eigenvalue weighted by Crippen LogP contribution is -2.18. The molecule has 2 aromatic rings. The summed E-state index contributed by atoms with van der Waals surface area (Å²) in [5.41, 5.74) is 2.95. The van der Waals surface area contributed by atoms with Crippen molar-refractivity contribution in [2.75, 3.05) is 24.6 Å². The van der Waals surface area contributed by atoms with Crippen molar-refractivity contribution < 1.29 is 9.53 Å². The van der Waals surface area contributed by atoms with E-state index in [0.29, 0.717) is 5.56 Å². The Morgan fingerprint density at radius 3 is 2.41 bits per heavy atom. The molecule has 0 atom stereocenters. The summed E-state index contributed by atoms with van der Waals surface area (Å²) in [6, 6.07) is 15.6. The minimum absolute atomic E-state index is 0.0104. The molecule has 3 heteroatoms. The SMILES string of the molecule is Cc1ccccc1OCC(=O)c1ccc(N2CCCC2)cc1. The smallest absolute Gasteiger partial charge is 0.200 e. The van der Waals surface area contributed by atoms with Crippen LogP contribution in [0, 0.1) is 6.92 Å². The maximum absolute atomic E-state index is 12.2. The molecule has 0 aromatic heterocycles. The number of nitrogens with zero attached hydrogens (tertiary/aromatic N) is 1. The molecule has 1 fully saturated rings. The van der Waals surface area contributed by atoms with E-state index in [2.05, 4.69) is 4.90 Å². The van der Waals surface area contributed by atoms with Gasteiger partial charge in [0.15, 0.2) is 12.4 Å². The number of Topliss-reactive ketones (excluding diaryl/α,β-unsaturated/α-hetero) is 1. The molecular formula is C19H21NO2. The summed E-state index contributed by atoms with van der Waals surface area (Å²) in [7, 11) is 0. The van der Waals surface area contributed by atoms with Crippen LogP contribution in [0.4, 0.5) is 5.69 Å². The zero-order valence-corrected chi connectivity index (χ0v) is 12.9. The van der Waals surface area contributed by atoms with Gasteiger partial charge in [0.05, 0.1) is 0 Å². The molecule has 0 amide bonds. The van der Waals surface area contributed by atoms with Gasteiger partial charge in [0.25, 0.3) is 0 Å². The summed E-state index contributed by atoms with van der Waals surface area (Å²) in [5, 5.41) is 0. The molecular weight excluding hydrogens is 274 g/mol. The average Bonchev–Trinajstić information content (AvgIpc) is 3.08. The Labute approximate surface area is 131 Å². The van der Waals surface area contributed by atoms with E-state index in [1.54, 1.807) is 0 Å². The summed E-state index contributed by atoms with van der Waals surface area (Å²) < 4.78 is 5.62. The minimum atomic E-state index is 0.0104. The molecule has 0 saturated carbocycles. The summed E-state index contributed by atoms with van der Waals surface area (Å²) in [5.74, 6) is 0.778. The molecule has 0 bridgehead atoms. The molecule has 3 rings (SSSR count). The van der Waals surface area contributed by atoms with Gasteiger partial charge in [0, 0.05) is 24.3 Å². The molecule has 1 aliphatic rings. The predicted octanol–water partition coefficient (Wildman–Crippen LogP) is 3.86. The molecule has 0 aliphatic carbocycles. The third-order valence-electron chi connectivity index (χ3n) is 4.11. The second-order valence-corrected chi connectivity index (χ2v) is 5.72. The number of para-hydroxylation sites is 1. The third-order valence-corrected chi connectivity index (χ3v) is 4.11. The highest BCUT2D eigenvalue weighted by molar-refractivity contribution is 5.97. The summed E-state index contributed by atoms with van der Waals surface area (Å²) in [6.45, 7) is 4.28. The molecule has 2 aromatic carbocycles. The summed E-state index contributed by atoms with van der Waals surface area (Å²) >= 11 is 0. The van der Waals surface area contributed by atoms with E-state index in [1.807, 2.05) is 55.5 Å². The molecule has 0 unspecified atom stereocenters. The quantitative estimate of drug-likeness (QED) is 0.785. The number of hydrogen-bond acceptors (Lipinski definition) is 3. The van der Waals surface area contributed by atoms with E-state index in [0.717, 1.165) is 24.4 Å². The van der Waals surface area contributed by atoms with Crippen molar-refractivity contribution in [1.29, 1.82) is 0 Å². The fourth-order valence-electron chi connectivity index (χ4n) is 2.78. The lowest BCUT2D eigenvalue weighted by Gasteiger charge is -2.17. The highest BCUT2D eigenvalue weighted by atomic mass is 16.5. The van der Waals surface area contributed by atoms with E-state index in [4.69, 9.17) is 4.74 Å². The van der Waals surface area contributed by atoms with Crippen molar-refractivity contribution in [2.45, 2.75) is 19.8 Å². The van der Waals surface area contributed by atoms with Gasteiger partial charge in [-0.25, -0.2) is 0 Å². The fraction of sp³-hybridized carbons (Fsp3) is 0.316. The lowest BCUT2D eigenvalue weighted by molar-refractivity contribution is 0.0921. The first-order chi connectivity index (χ1) is 10.7. The normalized spacial score (nSPS) is 14.1. The topological polar surface area (TPSA) is 29.5 Å². The Morgan fingerprint density at radius 1 is 1.05 bits per heavy atom. The van der Waals surface area contributed by atoms with Crippen LogP contribution in [-0.4, -0.2) is 25.5 Å². The van der Waals surface area contributed by atoms with Crippen molar-refractivity contribution in [3.05, 3.63) is 59.7 Å². The highest BCUT2D eigenvalue weighted by Crippen LogP contribution is 2.21. The van der Waals surface area contributed by atoms with Crippen LogP contribution in [0.25, 0.3) is 0 Å². The third kappa shape index (κ3) is 3.30. The molecule has 3 nitrogen and oxygen atoms in total. The monoisotopic (exact) mass is 295 g/mol. The van der Waals surface area contributed by atoms with Gasteiger partial charge in [-0.1, -0.05) is 18.2 Å². The van der Waals surface area contributed by atoms with Crippen LogP contribution in [0.2, 0.25) is 0 Å². The van der Waals surface area contributed by atoms with Gasteiger partial charge < -0.3 is 9.64 Å². The van der Waals surface area contributed by atoms with Gasteiger partial charge >= 0.3 is 0 Å². The Balaban J connectivity index is 1.61. The molecule has 0 N–H and O–H groups in total. The van der Waals surface area contributed by atoms with Crippen LogP contribution in [0.3, 0.4) is 0 Å². The van der Waals surface area contributed by atoms with Crippen molar-refractivity contribution >= 4 is 11.5 Å². The predicted molar refractivity (Wildman–Crippen MR) is 88.9 cm³/mol. The second kappa shape index (κ2) is 6.65. The maximum atomic E-state index is 12.2. The van der Waals surface area contributed by atoms with Gasteiger partial charge in [0.1, 0.15) is 5.75 Å². The number of anilines is 1. The molecule has 114 valence electrons. The number of aryl methyl sites for hydroxylation is 1. The Morgan fingerprint density at radius 2 is 1.73 bits per heavy atom. The van der Waals surface area contributed by atoms with E-state index >= 15 is 0 Å². The van der Waals surface area contributed by atoms with Crippen LogP contribution >= 0.6 is 0 Å². The van der Waals surface area contributed by atoms with Crippen LogP contribution in [0.5, 0.6) is 5.75 Å². The molecule has 1 heterocycles. The Kier molecular flexibility index (Phi) is 4.42. The Bertz CT molecular complexity index is 643. The molecule has 1 aliphatic heterocycles. The number of benzene rings is 2. The van der Waals surface area contributed by atoms with E-state index in [1.165, 1.54) is 18.5 Å². The lowest BCUT2D eigenvalue weighted by atomic mass is 10.1. The highest BCUT2D eigenvalue weighted by Gasteiger charge is 2.13.